The second-order valence-electron chi connectivity index (χ2n) is 3.52. The predicted octanol–water partition coefficient (Wildman–Crippen LogP) is 4.69. The average Bonchev–Trinajstić information content (AvgIpc) is 2.37. The molecule has 0 bridgehead atoms. The minimum atomic E-state index is -0.461. The van der Waals surface area contributed by atoms with E-state index in [-0.39, 0.29) is 5.02 Å². The molecule has 1 N–H and O–H groups in total. The van der Waals surface area contributed by atoms with Crippen LogP contribution in [0.4, 0.5) is 10.1 Å². The molecule has 0 aromatic heterocycles. The molecule has 0 spiro atoms. The number of hydrogen-bond donors (Lipinski definition) is 1. The van der Waals surface area contributed by atoms with Gasteiger partial charge in [0.05, 0.1) is 16.9 Å². The first-order valence-corrected chi connectivity index (χ1v) is 6.32. The van der Waals surface area contributed by atoms with E-state index in [0.717, 1.165) is 5.69 Å². The second kappa shape index (κ2) is 5.98. The number of nitrogens with zero attached hydrogens (tertiary/aromatic N) is 1. The first-order valence-electron chi connectivity index (χ1n) is 5.15. The van der Waals surface area contributed by atoms with Crippen molar-refractivity contribution in [2.45, 2.75) is 0 Å². The van der Waals surface area contributed by atoms with Gasteiger partial charge in [-0.25, -0.2) is 4.39 Å². The van der Waals surface area contributed by atoms with Gasteiger partial charge in [0.2, 0.25) is 0 Å². The van der Waals surface area contributed by atoms with Gasteiger partial charge in [-0.15, -0.1) is 0 Å². The second-order valence-corrected chi connectivity index (χ2v) is 4.79. The third-order valence-electron chi connectivity index (χ3n) is 2.21. The van der Waals surface area contributed by atoms with Gasteiger partial charge in [-0.3, -0.25) is 5.43 Å². The summed E-state index contributed by atoms with van der Waals surface area (Å²) >= 11 is 8.95. The summed E-state index contributed by atoms with van der Waals surface area (Å²) in [5.74, 6) is -0.461. The fraction of sp³-hybridized carbons (Fsp3) is 0. The number of rotatable bonds is 3. The standard InChI is InChI=1S/C13H9BrClFN2/c14-11-7-13(16)12(15)6-9(11)8-17-18-10-4-2-1-3-5-10/h1-8,18H. The van der Waals surface area contributed by atoms with Gasteiger partial charge in [0.25, 0.3) is 0 Å². The molecule has 0 aliphatic heterocycles. The molecular formula is C13H9BrClFN2. The van der Waals surface area contributed by atoms with E-state index in [1.807, 2.05) is 30.3 Å². The summed E-state index contributed by atoms with van der Waals surface area (Å²) in [6.45, 7) is 0. The van der Waals surface area contributed by atoms with Crippen LogP contribution in [0, 0.1) is 5.82 Å². The van der Waals surface area contributed by atoms with Crippen molar-refractivity contribution in [2.75, 3.05) is 5.43 Å². The zero-order valence-electron chi connectivity index (χ0n) is 9.20. The zero-order chi connectivity index (χ0) is 13.0. The number of para-hydroxylation sites is 1. The number of hydrazone groups is 1. The number of anilines is 1. The molecule has 2 nitrogen and oxygen atoms in total. The molecule has 2 rings (SSSR count). The largest absolute Gasteiger partial charge is 0.279 e. The highest BCUT2D eigenvalue weighted by Crippen LogP contribution is 2.23. The Bertz CT molecular complexity index is 573. The van der Waals surface area contributed by atoms with Crippen LogP contribution in [0.3, 0.4) is 0 Å². The maximum Gasteiger partial charge on any atom is 0.142 e. The Hall–Kier alpha value is -1.39. The lowest BCUT2D eigenvalue weighted by Gasteiger charge is -2.02. The van der Waals surface area contributed by atoms with Gasteiger partial charge >= 0.3 is 0 Å². The van der Waals surface area contributed by atoms with E-state index in [1.165, 1.54) is 12.1 Å². The molecule has 92 valence electrons. The zero-order valence-corrected chi connectivity index (χ0v) is 11.5. The SMILES string of the molecule is Fc1cc(Br)c(C=NNc2ccccc2)cc1Cl. The molecule has 2 aromatic carbocycles. The van der Waals surface area contributed by atoms with Crippen molar-refractivity contribution in [1.82, 2.24) is 0 Å². The molecule has 0 atom stereocenters. The van der Waals surface area contributed by atoms with Crippen LogP contribution < -0.4 is 5.43 Å². The monoisotopic (exact) mass is 326 g/mol. The minimum Gasteiger partial charge on any atom is -0.279 e. The predicted molar refractivity (Wildman–Crippen MR) is 76.8 cm³/mol. The van der Waals surface area contributed by atoms with Crippen molar-refractivity contribution >= 4 is 39.4 Å². The van der Waals surface area contributed by atoms with Crippen LogP contribution in [0.2, 0.25) is 5.02 Å². The highest BCUT2D eigenvalue weighted by atomic mass is 79.9. The molecular weight excluding hydrogens is 319 g/mol. The van der Waals surface area contributed by atoms with Crippen molar-refractivity contribution in [3.63, 3.8) is 0 Å². The summed E-state index contributed by atoms with van der Waals surface area (Å²) in [6.07, 6.45) is 1.57. The van der Waals surface area contributed by atoms with Crippen LogP contribution in [0.1, 0.15) is 5.56 Å². The van der Waals surface area contributed by atoms with Crippen molar-refractivity contribution in [3.05, 3.63) is 63.3 Å². The van der Waals surface area contributed by atoms with Gasteiger partial charge in [0.15, 0.2) is 0 Å². The number of benzene rings is 2. The van der Waals surface area contributed by atoms with Gasteiger partial charge in [-0.05, 0) is 24.3 Å². The van der Waals surface area contributed by atoms with E-state index in [1.54, 1.807) is 6.21 Å². The Morgan fingerprint density at radius 1 is 1.22 bits per heavy atom. The molecule has 0 heterocycles. The van der Waals surface area contributed by atoms with E-state index in [4.69, 9.17) is 11.6 Å². The van der Waals surface area contributed by atoms with Crippen molar-refractivity contribution in [1.29, 1.82) is 0 Å². The van der Waals surface area contributed by atoms with Crippen LogP contribution in [0.25, 0.3) is 0 Å². The maximum atomic E-state index is 13.1. The number of halogens is 3. The Balaban J connectivity index is 2.12. The van der Waals surface area contributed by atoms with E-state index < -0.39 is 5.82 Å². The molecule has 18 heavy (non-hydrogen) atoms. The molecule has 0 unspecified atom stereocenters. The summed E-state index contributed by atoms with van der Waals surface area (Å²) in [4.78, 5) is 0. The molecule has 0 radical (unpaired) electrons. The molecule has 0 fully saturated rings. The van der Waals surface area contributed by atoms with E-state index in [2.05, 4.69) is 26.5 Å². The van der Waals surface area contributed by atoms with Crippen molar-refractivity contribution < 1.29 is 4.39 Å². The van der Waals surface area contributed by atoms with E-state index >= 15 is 0 Å². The van der Waals surface area contributed by atoms with Crippen LogP contribution in [-0.2, 0) is 0 Å². The highest BCUT2D eigenvalue weighted by Gasteiger charge is 2.04. The summed E-state index contributed by atoms with van der Waals surface area (Å²) in [5, 5.41) is 4.13. The molecule has 0 aliphatic carbocycles. The maximum absolute atomic E-state index is 13.1. The van der Waals surface area contributed by atoms with Gasteiger partial charge in [-0.1, -0.05) is 45.7 Å². The van der Waals surface area contributed by atoms with Gasteiger partial charge in [0.1, 0.15) is 5.82 Å². The third-order valence-corrected chi connectivity index (χ3v) is 3.19. The summed E-state index contributed by atoms with van der Waals surface area (Å²) in [7, 11) is 0. The Labute approximate surface area is 118 Å². The van der Waals surface area contributed by atoms with Crippen LogP contribution >= 0.6 is 27.5 Å². The minimum absolute atomic E-state index is 0.0689. The number of nitrogens with one attached hydrogen (secondary N) is 1. The normalized spacial score (nSPS) is 10.8. The summed E-state index contributed by atoms with van der Waals surface area (Å²) in [5.41, 5.74) is 4.44. The van der Waals surface area contributed by atoms with Gasteiger partial charge < -0.3 is 0 Å². The van der Waals surface area contributed by atoms with Crippen LogP contribution in [0.15, 0.2) is 52.0 Å². The molecule has 5 heteroatoms. The Morgan fingerprint density at radius 2 is 1.94 bits per heavy atom. The Kier molecular flexibility index (Phi) is 4.33. The van der Waals surface area contributed by atoms with Crippen LogP contribution in [0.5, 0.6) is 0 Å². The van der Waals surface area contributed by atoms with Crippen LogP contribution in [-0.4, -0.2) is 6.21 Å². The fourth-order valence-electron chi connectivity index (χ4n) is 1.33. The number of hydrogen-bond acceptors (Lipinski definition) is 2. The van der Waals surface area contributed by atoms with Crippen molar-refractivity contribution in [2.24, 2.45) is 5.10 Å². The quantitative estimate of drug-likeness (QED) is 0.494. The van der Waals surface area contributed by atoms with Gasteiger partial charge in [-0.2, -0.15) is 5.10 Å². The van der Waals surface area contributed by atoms with E-state index in [0.29, 0.717) is 10.0 Å². The first-order chi connectivity index (χ1) is 8.66. The van der Waals surface area contributed by atoms with E-state index in [9.17, 15) is 4.39 Å². The lowest BCUT2D eigenvalue weighted by molar-refractivity contribution is 0.627. The highest BCUT2D eigenvalue weighted by molar-refractivity contribution is 9.10. The third kappa shape index (κ3) is 3.31. The molecule has 2 aromatic rings. The molecule has 0 aliphatic rings. The lowest BCUT2D eigenvalue weighted by Crippen LogP contribution is -1.92. The fourth-order valence-corrected chi connectivity index (χ4v) is 1.92. The summed E-state index contributed by atoms with van der Waals surface area (Å²) in [6, 6.07) is 12.3. The molecule has 0 saturated carbocycles. The average molecular weight is 328 g/mol. The summed E-state index contributed by atoms with van der Waals surface area (Å²) < 4.78 is 13.7. The lowest BCUT2D eigenvalue weighted by atomic mass is 10.2. The Morgan fingerprint density at radius 3 is 2.67 bits per heavy atom. The van der Waals surface area contributed by atoms with Crippen molar-refractivity contribution in [3.8, 4) is 0 Å². The topological polar surface area (TPSA) is 24.4 Å². The smallest absolute Gasteiger partial charge is 0.142 e. The molecule has 0 saturated heterocycles. The molecule has 0 amide bonds. The first kappa shape index (κ1) is 13.1. The van der Waals surface area contributed by atoms with Gasteiger partial charge in [0, 0.05) is 10.0 Å².